The summed E-state index contributed by atoms with van der Waals surface area (Å²) in [5.74, 6) is 0. The molecule has 0 saturated carbocycles. The lowest BCUT2D eigenvalue weighted by atomic mass is 9.79. The third-order valence-corrected chi connectivity index (χ3v) is 11.6. The third kappa shape index (κ3) is 3.61. The van der Waals surface area contributed by atoms with Crippen molar-refractivity contribution < 1.29 is 0 Å². The SMILES string of the molecule is CC1(C)c2ccccc2-c2ccc(-c3c4ccccc4c(-c4ccc5c(c4)C(C)(C)c4cc6ccccc6cc4-5)c4ccccc34)cc21. The molecule has 2 aliphatic rings. The lowest BCUT2D eigenvalue weighted by Crippen LogP contribution is -2.15. The molecule has 8 aromatic rings. The number of fused-ring (bicyclic) bond motifs is 9. The molecule has 0 saturated heterocycles. The van der Waals surface area contributed by atoms with Crippen LogP contribution in [-0.4, -0.2) is 0 Å². The van der Waals surface area contributed by atoms with E-state index in [-0.39, 0.29) is 10.8 Å². The molecule has 0 heterocycles. The molecule has 0 bridgehead atoms. The van der Waals surface area contributed by atoms with Gasteiger partial charge in [-0.05, 0) is 123 Å². The highest BCUT2D eigenvalue weighted by Crippen LogP contribution is 2.53. The Labute approximate surface area is 282 Å². The Morgan fingerprint density at radius 2 is 0.708 bits per heavy atom. The molecular weight excluding hydrogens is 577 g/mol. The van der Waals surface area contributed by atoms with Gasteiger partial charge in [0.05, 0.1) is 0 Å². The van der Waals surface area contributed by atoms with Crippen LogP contribution in [0.4, 0.5) is 0 Å². The highest BCUT2D eigenvalue weighted by molar-refractivity contribution is 6.21. The molecule has 0 aromatic heterocycles. The van der Waals surface area contributed by atoms with Crippen LogP contribution in [0.5, 0.6) is 0 Å². The predicted octanol–water partition coefficient (Wildman–Crippen LogP) is 13.1. The average Bonchev–Trinajstić information content (AvgIpc) is 3.48. The average molecular weight is 613 g/mol. The number of rotatable bonds is 2. The first-order chi connectivity index (χ1) is 23.3. The van der Waals surface area contributed by atoms with Gasteiger partial charge in [0.2, 0.25) is 0 Å². The van der Waals surface area contributed by atoms with E-state index >= 15 is 0 Å². The predicted molar refractivity (Wildman–Crippen MR) is 205 cm³/mol. The van der Waals surface area contributed by atoms with Gasteiger partial charge in [0, 0.05) is 10.8 Å². The van der Waals surface area contributed by atoms with Gasteiger partial charge < -0.3 is 0 Å². The van der Waals surface area contributed by atoms with Gasteiger partial charge in [-0.2, -0.15) is 0 Å². The number of hydrogen-bond acceptors (Lipinski definition) is 0. The third-order valence-electron chi connectivity index (χ3n) is 11.6. The molecule has 8 aromatic carbocycles. The van der Waals surface area contributed by atoms with Gasteiger partial charge in [-0.1, -0.05) is 149 Å². The van der Waals surface area contributed by atoms with E-state index in [2.05, 4.69) is 173 Å². The van der Waals surface area contributed by atoms with Crippen molar-refractivity contribution in [1.29, 1.82) is 0 Å². The van der Waals surface area contributed by atoms with Crippen LogP contribution >= 0.6 is 0 Å². The Morgan fingerprint density at radius 3 is 1.27 bits per heavy atom. The summed E-state index contributed by atoms with van der Waals surface area (Å²) in [5, 5.41) is 7.81. The summed E-state index contributed by atoms with van der Waals surface area (Å²) in [6.45, 7) is 9.53. The van der Waals surface area contributed by atoms with Gasteiger partial charge >= 0.3 is 0 Å². The van der Waals surface area contributed by atoms with E-state index in [4.69, 9.17) is 0 Å². The molecule has 48 heavy (non-hydrogen) atoms. The van der Waals surface area contributed by atoms with Crippen LogP contribution in [0.25, 0.3) is 76.8 Å². The minimum atomic E-state index is -0.0922. The second kappa shape index (κ2) is 9.55. The van der Waals surface area contributed by atoms with Crippen LogP contribution in [0.3, 0.4) is 0 Å². The molecule has 2 aliphatic carbocycles. The molecule has 0 spiro atoms. The number of hydrogen-bond donors (Lipinski definition) is 0. The van der Waals surface area contributed by atoms with Crippen molar-refractivity contribution in [1.82, 2.24) is 0 Å². The van der Waals surface area contributed by atoms with Crippen LogP contribution in [-0.2, 0) is 10.8 Å². The highest BCUT2D eigenvalue weighted by atomic mass is 14.4. The summed E-state index contributed by atoms with van der Waals surface area (Å²) in [4.78, 5) is 0. The van der Waals surface area contributed by atoms with E-state index in [0.717, 1.165) is 0 Å². The quantitative estimate of drug-likeness (QED) is 0.170. The zero-order chi connectivity index (χ0) is 32.4. The molecule has 10 rings (SSSR count). The standard InChI is InChI=1S/C48H36/c1-47(2)41-20-12-11-15-33(41)34-23-21-31(27-42(34)47)45-36-16-7-9-18-38(36)46(39-19-10-8-17-37(39)45)32-22-24-35-40-25-29-13-5-6-14-30(29)26-44(40)48(3,4)43(35)28-32/h5-28H,1-4H3. The van der Waals surface area contributed by atoms with Crippen molar-refractivity contribution in [3.8, 4) is 44.5 Å². The van der Waals surface area contributed by atoms with Crippen molar-refractivity contribution in [2.45, 2.75) is 38.5 Å². The Morgan fingerprint density at radius 1 is 0.312 bits per heavy atom. The Kier molecular flexibility index (Phi) is 5.50. The molecule has 0 N–H and O–H groups in total. The summed E-state index contributed by atoms with van der Waals surface area (Å²) >= 11 is 0. The molecule has 0 fully saturated rings. The normalized spacial score (nSPS) is 15.0. The second-order valence-corrected chi connectivity index (χ2v) is 14.9. The second-order valence-electron chi connectivity index (χ2n) is 14.9. The summed E-state index contributed by atoms with van der Waals surface area (Å²) < 4.78 is 0. The molecule has 0 radical (unpaired) electrons. The lowest BCUT2D eigenvalue weighted by Gasteiger charge is -2.24. The maximum atomic E-state index is 2.49. The maximum Gasteiger partial charge on any atom is 0.0159 e. The van der Waals surface area contributed by atoms with Gasteiger partial charge in [0.25, 0.3) is 0 Å². The fourth-order valence-corrected chi connectivity index (χ4v) is 9.19. The first-order valence-electron chi connectivity index (χ1n) is 17.2. The van der Waals surface area contributed by atoms with Crippen molar-refractivity contribution in [3.63, 3.8) is 0 Å². The van der Waals surface area contributed by atoms with Crippen LogP contribution < -0.4 is 0 Å². The molecule has 0 unspecified atom stereocenters. The van der Waals surface area contributed by atoms with Gasteiger partial charge in [0.15, 0.2) is 0 Å². The molecular formula is C48H36. The number of benzene rings is 8. The van der Waals surface area contributed by atoms with Gasteiger partial charge in [0.1, 0.15) is 0 Å². The Bertz CT molecular complexity index is 2610. The fourth-order valence-electron chi connectivity index (χ4n) is 9.19. The maximum absolute atomic E-state index is 2.49. The van der Waals surface area contributed by atoms with Gasteiger partial charge in [-0.25, -0.2) is 0 Å². The Balaban J connectivity index is 1.21. The van der Waals surface area contributed by atoms with Crippen LogP contribution in [0, 0.1) is 0 Å². The van der Waals surface area contributed by atoms with E-state index in [1.54, 1.807) is 0 Å². The van der Waals surface area contributed by atoms with E-state index in [9.17, 15) is 0 Å². The molecule has 228 valence electrons. The van der Waals surface area contributed by atoms with E-state index in [1.165, 1.54) is 99.1 Å². The first kappa shape index (κ1) is 27.6. The lowest BCUT2D eigenvalue weighted by molar-refractivity contribution is 0.660. The topological polar surface area (TPSA) is 0 Å². The molecule has 0 amide bonds. The van der Waals surface area contributed by atoms with E-state index in [1.807, 2.05) is 0 Å². The summed E-state index contributed by atoms with van der Waals surface area (Å²) in [7, 11) is 0. The molecule has 0 aliphatic heterocycles. The summed E-state index contributed by atoms with van der Waals surface area (Å²) in [5.41, 5.74) is 16.2. The van der Waals surface area contributed by atoms with Crippen LogP contribution in [0.15, 0.2) is 146 Å². The Hall–Kier alpha value is -5.46. The van der Waals surface area contributed by atoms with Crippen molar-refractivity contribution >= 4 is 32.3 Å². The first-order valence-corrected chi connectivity index (χ1v) is 17.2. The zero-order valence-electron chi connectivity index (χ0n) is 27.9. The molecule has 0 atom stereocenters. The molecule has 0 nitrogen and oxygen atoms in total. The smallest absolute Gasteiger partial charge is 0.0159 e. The minimum Gasteiger partial charge on any atom is -0.0619 e. The zero-order valence-corrected chi connectivity index (χ0v) is 27.9. The molecule has 0 heteroatoms. The minimum absolute atomic E-state index is 0.0475. The van der Waals surface area contributed by atoms with Gasteiger partial charge in [-0.15, -0.1) is 0 Å². The van der Waals surface area contributed by atoms with Crippen LogP contribution in [0.1, 0.15) is 49.9 Å². The van der Waals surface area contributed by atoms with Crippen molar-refractivity contribution in [2.24, 2.45) is 0 Å². The summed E-state index contributed by atoms with van der Waals surface area (Å²) in [6, 6.07) is 55.0. The van der Waals surface area contributed by atoms with E-state index in [0.29, 0.717) is 0 Å². The highest BCUT2D eigenvalue weighted by Gasteiger charge is 2.37. The van der Waals surface area contributed by atoms with Crippen LogP contribution in [0.2, 0.25) is 0 Å². The monoisotopic (exact) mass is 612 g/mol. The largest absolute Gasteiger partial charge is 0.0619 e. The van der Waals surface area contributed by atoms with Gasteiger partial charge in [-0.3, -0.25) is 0 Å². The van der Waals surface area contributed by atoms with Crippen molar-refractivity contribution in [2.75, 3.05) is 0 Å². The van der Waals surface area contributed by atoms with Crippen molar-refractivity contribution in [3.05, 3.63) is 168 Å². The van der Waals surface area contributed by atoms with E-state index < -0.39 is 0 Å². The fraction of sp³-hybridized carbons (Fsp3) is 0.125. The summed E-state index contributed by atoms with van der Waals surface area (Å²) in [6.07, 6.45) is 0.